The number of aromatic hydroxyl groups is 1. The van der Waals surface area contributed by atoms with E-state index in [4.69, 9.17) is 0 Å². The smallest absolute Gasteiger partial charge is 0.330 e. The van der Waals surface area contributed by atoms with Crippen molar-refractivity contribution in [2.75, 3.05) is 5.01 Å². The van der Waals surface area contributed by atoms with Crippen molar-refractivity contribution in [1.82, 2.24) is 9.55 Å². The molecule has 2 aromatic rings. The second kappa shape index (κ2) is 6.14. The number of nitrogens with one attached hydrogen (secondary N) is 1. The highest BCUT2D eigenvalue weighted by molar-refractivity contribution is 6.32. The van der Waals surface area contributed by atoms with E-state index in [1.54, 1.807) is 13.0 Å². The second-order valence-corrected chi connectivity index (χ2v) is 6.21. The molecule has 0 aliphatic carbocycles. The molecule has 8 heteroatoms. The van der Waals surface area contributed by atoms with Crippen LogP contribution in [0.4, 0.5) is 5.69 Å². The topological polar surface area (TPSA) is 108 Å². The highest BCUT2D eigenvalue weighted by Gasteiger charge is 2.30. The van der Waals surface area contributed by atoms with Crippen molar-refractivity contribution in [2.45, 2.75) is 20.8 Å². The normalized spacial score (nSPS) is 15.7. The second-order valence-electron chi connectivity index (χ2n) is 6.21. The summed E-state index contributed by atoms with van der Waals surface area (Å²) in [6, 6.07) is 5.63. The molecule has 1 aliphatic rings. The molecular weight excluding hydrogens is 336 g/mol. The maximum atomic E-state index is 12.8. The third kappa shape index (κ3) is 2.75. The fourth-order valence-electron chi connectivity index (χ4n) is 2.79. The fraction of sp³-hybridized carbons (Fsp3) is 0.222. The average Bonchev–Trinajstić information content (AvgIpc) is 2.84. The summed E-state index contributed by atoms with van der Waals surface area (Å²) in [5, 5.41) is 15.6. The number of rotatable bonds is 2. The number of hydrogen-bond acceptors (Lipinski definition) is 5. The van der Waals surface area contributed by atoms with Crippen molar-refractivity contribution in [3.8, 4) is 5.88 Å². The molecule has 2 heterocycles. The Morgan fingerprint density at radius 1 is 1.15 bits per heavy atom. The molecule has 0 bridgehead atoms. The SMILES string of the molecule is CC1=NN(c2ccc(C)cc2C)C(=O)/C1=C/c1c(O)n(C)c(=O)[nH]c1=O. The molecule has 1 aromatic heterocycles. The van der Waals surface area contributed by atoms with Crippen LogP contribution in [-0.2, 0) is 11.8 Å². The largest absolute Gasteiger partial charge is 0.494 e. The zero-order valence-corrected chi connectivity index (χ0v) is 14.8. The van der Waals surface area contributed by atoms with Gasteiger partial charge in [-0.1, -0.05) is 17.7 Å². The summed E-state index contributed by atoms with van der Waals surface area (Å²) in [5.41, 5.74) is 1.48. The lowest BCUT2D eigenvalue weighted by Crippen LogP contribution is -2.30. The first-order chi connectivity index (χ1) is 12.2. The number of aryl methyl sites for hydroxylation is 2. The number of anilines is 1. The van der Waals surface area contributed by atoms with Gasteiger partial charge in [0.25, 0.3) is 11.5 Å². The van der Waals surface area contributed by atoms with Gasteiger partial charge in [0, 0.05) is 7.05 Å². The van der Waals surface area contributed by atoms with E-state index < -0.39 is 23.0 Å². The zero-order chi connectivity index (χ0) is 19.2. The standard InChI is InChI=1S/C18H18N4O4/c1-9-5-6-14(10(2)7-9)22-17(25)12(11(3)20-22)8-13-15(23)19-18(26)21(4)16(13)24/h5-8,24H,1-4H3,(H,19,23,26)/b12-8+. The van der Waals surface area contributed by atoms with Gasteiger partial charge in [-0.2, -0.15) is 10.1 Å². The van der Waals surface area contributed by atoms with E-state index in [1.165, 1.54) is 18.1 Å². The molecule has 1 aliphatic heterocycles. The molecular formula is C18H18N4O4. The van der Waals surface area contributed by atoms with Crippen LogP contribution in [0.25, 0.3) is 6.08 Å². The summed E-state index contributed by atoms with van der Waals surface area (Å²) in [6.45, 7) is 5.48. The lowest BCUT2D eigenvalue weighted by atomic mass is 10.1. The van der Waals surface area contributed by atoms with Gasteiger partial charge in [-0.05, 0) is 38.5 Å². The van der Waals surface area contributed by atoms with E-state index in [0.29, 0.717) is 11.4 Å². The lowest BCUT2D eigenvalue weighted by Gasteiger charge is -2.15. The molecule has 8 nitrogen and oxygen atoms in total. The molecule has 0 saturated carbocycles. The summed E-state index contributed by atoms with van der Waals surface area (Å²) < 4.78 is 0.890. The molecule has 0 fully saturated rings. The molecule has 134 valence electrons. The summed E-state index contributed by atoms with van der Waals surface area (Å²) in [7, 11) is 1.31. The van der Waals surface area contributed by atoms with Gasteiger partial charge < -0.3 is 5.11 Å². The lowest BCUT2D eigenvalue weighted by molar-refractivity contribution is -0.114. The number of carbonyl (C=O) groups excluding carboxylic acids is 1. The Morgan fingerprint density at radius 3 is 2.50 bits per heavy atom. The molecule has 1 aromatic carbocycles. The Hall–Kier alpha value is -3.42. The zero-order valence-electron chi connectivity index (χ0n) is 14.8. The predicted molar refractivity (Wildman–Crippen MR) is 98.5 cm³/mol. The van der Waals surface area contributed by atoms with Crippen LogP contribution in [0.5, 0.6) is 5.88 Å². The summed E-state index contributed by atoms with van der Waals surface area (Å²) >= 11 is 0. The fourth-order valence-corrected chi connectivity index (χ4v) is 2.79. The number of aromatic amines is 1. The molecule has 26 heavy (non-hydrogen) atoms. The predicted octanol–water partition coefficient (Wildman–Crippen LogP) is 1.20. The number of benzene rings is 1. The molecule has 0 atom stereocenters. The van der Waals surface area contributed by atoms with Crippen LogP contribution < -0.4 is 16.3 Å². The van der Waals surface area contributed by atoms with Gasteiger partial charge in [-0.3, -0.25) is 19.1 Å². The third-order valence-electron chi connectivity index (χ3n) is 4.26. The van der Waals surface area contributed by atoms with Gasteiger partial charge >= 0.3 is 5.69 Å². The van der Waals surface area contributed by atoms with Gasteiger partial charge in [0.1, 0.15) is 5.56 Å². The van der Waals surface area contributed by atoms with Crippen LogP contribution in [0.3, 0.4) is 0 Å². The number of hydrogen-bond donors (Lipinski definition) is 2. The Bertz CT molecular complexity index is 1110. The van der Waals surface area contributed by atoms with Crippen LogP contribution in [0.2, 0.25) is 0 Å². The number of amides is 1. The highest BCUT2D eigenvalue weighted by atomic mass is 16.3. The third-order valence-corrected chi connectivity index (χ3v) is 4.26. The van der Waals surface area contributed by atoms with Crippen LogP contribution >= 0.6 is 0 Å². The van der Waals surface area contributed by atoms with Crippen molar-refractivity contribution in [2.24, 2.45) is 12.1 Å². The summed E-state index contributed by atoms with van der Waals surface area (Å²) in [5.74, 6) is -0.932. The summed E-state index contributed by atoms with van der Waals surface area (Å²) in [6.07, 6.45) is 1.25. The first-order valence-electron chi connectivity index (χ1n) is 7.92. The van der Waals surface area contributed by atoms with Gasteiger partial charge in [0.2, 0.25) is 5.88 Å². The monoisotopic (exact) mass is 354 g/mol. The van der Waals surface area contributed by atoms with Gasteiger partial charge in [-0.25, -0.2) is 4.79 Å². The minimum atomic E-state index is -0.774. The Morgan fingerprint density at radius 2 is 1.85 bits per heavy atom. The van der Waals surface area contributed by atoms with Gasteiger partial charge in [0.05, 0.1) is 17.0 Å². The van der Waals surface area contributed by atoms with Crippen molar-refractivity contribution in [3.05, 3.63) is 61.3 Å². The first kappa shape index (κ1) is 17.4. The van der Waals surface area contributed by atoms with E-state index in [-0.39, 0.29) is 11.1 Å². The molecule has 0 unspecified atom stereocenters. The van der Waals surface area contributed by atoms with Gasteiger partial charge in [-0.15, -0.1) is 0 Å². The van der Waals surface area contributed by atoms with E-state index in [1.807, 2.05) is 26.0 Å². The molecule has 3 rings (SSSR count). The van der Waals surface area contributed by atoms with E-state index >= 15 is 0 Å². The van der Waals surface area contributed by atoms with Crippen molar-refractivity contribution >= 4 is 23.4 Å². The van der Waals surface area contributed by atoms with Crippen molar-refractivity contribution < 1.29 is 9.90 Å². The molecule has 0 radical (unpaired) electrons. The molecule has 0 spiro atoms. The molecule has 1 amide bonds. The average molecular weight is 354 g/mol. The van der Waals surface area contributed by atoms with Crippen LogP contribution in [0.15, 0.2) is 38.5 Å². The number of H-pyrrole nitrogens is 1. The number of aromatic nitrogens is 2. The molecule has 0 saturated heterocycles. The van der Waals surface area contributed by atoms with Crippen molar-refractivity contribution in [1.29, 1.82) is 0 Å². The first-order valence-corrected chi connectivity index (χ1v) is 7.92. The Balaban J connectivity index is 2.10. The maximum absolute atomic E-state index is 12.8. The highest BCUT2D eigenvalue weighted by Crippen LogP contribution is 2.28. The van der Waals surface area contributed by atoms with E-state index in [9.17, 15) is 19.5 Å². The Labute approximate surface area is 148 Å². The minimum Gasteiger partial charge on any atom is -0.494 e. The number of carbonyl (C=O) groups is 1. The van der Waals surface area contributed by atoms with Crippen LogP contribution in [0, 0.1) is 13.8 Å². The minimum absolute atomic E-state index is 0.171. The van der Waals surface area contributed by atoms with Crippen LogP contribution in [-0.4, -0.2) is 26.3 Å². The van der Waals surface area contributed by atoms with Crippen molar-refractivity contribution in [3.63, 3.8) is 0 Å². The van der Waals surface area contributed by atoms with E-state index in [0.717, 1.165) is 15.7 Å². The quantitative estimate of drug-likeness (QED) is 0.790. The van der Waals surface area contributed by atoms with Gasteiger partial charge in [0.15, 0.2) is 0 Å². The Kier molecular flexibility index (Phi) is 4.11. The number of nitrogens with zero attached hydrogens (tertiary/aromatic N) is 3. The number of hydrazone groups is 1. The maximum Gasteiger partial charge on any atom is 0.330 e. The van der Waals surface area contributed by atoms with E-state index in [2.05, 4.69) is 10.1 Å². The summed E-state index contributed by atoms with van der Waals surface area (Å²) in [4.78, 5) is 38.4. The molecule has 2 N–H and O–H groups in total. The van der Waals surface area contributed by atoms with Crippen LogP contribution in [0.1, 0.15) is 23.6 Å².